The summed E-state index contributed by atoms with van der Waals surface area (Å²) in [4.78, 5) is 12.9. The lowest BCUT2D eigenvalue weighted by Gasteiger charge is -2.07. The summed E-state index contributed by atoms with van der Waals surface area (Å²) in [6.45, 7) is 2.81. The Morgan fingerprint density at radius 1 is 0.865 bits per heavy atom. The summed E-state index contributed by atoms with van der Waals surface area (Å²) >= 11 is 0. The van der Waals surface area contributed by atoms with Crippen LogP contribution in [0.25, 0.3) is 0 Å². The summed E-state index contributed by atoms with van der Waals surface area (Å²) in [6, 6.07) is 7.48. The maximum absolute atomic E-state index is 10.9. The van der Waals surface area contributed by atoms with E-state index in [0.29, 0.717) is 13.1 Å². The molecule has 0 aliphatic heterocycles. The van der Waals surface area contributed by atoms with Gasteiger partial charge in [0.15, 0.2) is 0 Å². The van der Waals surface area contributed by atoms with Crippen LogP contribution in [0.2, 0.25) is 0 Å². The zero-order valence-corrected chi connectivity index (χ0v) is 24.4. The monoisotopic (exact) mass is 519 g/mol. The van der Waals surface area contributed by atoms with Crippen LogP contribution in [0.4, 0.5) is 5.69 Å². The SMILES string of the molecule is CCCCCCCCCCCCCCCCC(=O)OC.C[NH2+]/C=C\N(C)CN=Nc1ccc(OC)cc1. The number of unbranched alkanes of at least 4 members (excludes halogenated alkanes) is 13. The molecule has 0 heterocycles. The van der Waals surface area contributed by atoms with Gasteiger partial charge in [-0.25, -0.2) is 0 Å². The van der Waals surface area contributed by atoms with Gasteiger partial charge in [-0.1, -0.05) is 90.4 Å². The second-order valence-corrected chi connectivity index (χ2v) is 9.44. The van der Waals surface area contributed by atoms with Crippen LogP contribution in [0.3, 0.4) is 0 Å². The van der Waals surface area contributed by atoms with Gasteiger partial charge in [0.2, 0.25) is 0 Å². The first-order chi connectivity index (χ1) is 18.1. The average Bonchev–Trinajstić information content (AvgIpc) is 2.92. The summed E-state index contributed by atoms with van der Waals surface area (Å²) in [5.41, 5.74) is 0.824. The Labute approximate surface area is 227 Å². The molecule has 212 valence electrons. The average molecular weight is 520 g/mol. The van der Waals surface area contributed by atoms with Crippen molar-refractivity contribution in [2.75, 3.05) is 35.0 Å². The van der Waals surface area contributed by atoms with E-state index in [1.807, 2.05) is 61.0 Å². The fourth-order valence-corrected chi connectivity index (χ4v) is 3.71. The van der Waals surface area contributed by atoms with Crippen LogP contribution >= 0.6 is 0 Å². The molecule has 0 aliphatic rings. The second kappa shape index (κ2) is 26.6. The van der Waals surface area contributed by atoms with Crippen LogP contribution in [0, 0.1) is 0 Å². The minimum atomic E-state index is -0.0658. The standard InChI is InChI=1S/C18H36O2.C12H18N4O/c1-3-4-5-6-7-8-9-10-11-12-13-14-15-16-17-18(19)20-2;1-13-8-9-16(2)10-14-15-11-4-6-12(17-3)7-5-11/h3-17H2,1-2H3;4-9,13H,10H2,1-3H3/p+1/b;9-8-,15-14?. The van der Waals surface area contributed by atoms with Gasteiger partial charge in [0.05, 0.1) is 33.2 Å². The van der Waals surface area contributed by atoms with Crippen LogP contribution in [-0.2, 0) is 9.53 Å². The Bertz CT molecular complexity index is 693. The topological polar surface area (TPSA) is 80.1 Å². The van der Waals surface area contributed by atoms with Crippen molar-refractivity contribution in [1.29, 1.82) is 0 Å². The van der Waals surface area contributed by atoms with E-state index in [2.05, 4.69) is 21.9 Å². The molecule has 0 amide bonds. The molecule has 0 spiro atoms. The summed E-state index contributed by atoms with van der Waals surface area (Å²) in [6.07, 6.45) is 23.4. The molecule has 0 bridgehead atoms. The fourth-order valence-electron chi connectivity index (χ4n) is 3.71. The molecular formula is C30H55N4O3+. The molecule has 0 aliphatic carbocycles. The van der Waals surface area contributed by atoms with E-state index < -0.39 is 0 Å². The highest BCUT2D eigenvalue weighted by molar-refractivity contribution is 5.68. The normalized spacial score (nSPS) is 10.9. The zero-order valence-electron chi connectivity index (χ0n) is 24.4. The highest BCUT2D eigenvalue weighted by Crippen LogP contribution is 2.18. The van der Waals surface area contributed by atoms with Gasteiger partial charge in [0, 0.05) is 13.5 Å². The minimum absolute atomic E-state index is 0.0658. The predicted molar refractivity (Wildman–Crippen MR) is 154 cm³/mol. The quantitative estimate of drug-likeness (QED) is 0.104. The maximum atomic E-state index is 10.9. The lowest BCUT2D eigenvalue weighted by atomic mass is 10.0. The van der Waals surface area contributed by atoms with E-state index in [0.717, 1.165) is 17.9 Å². The van der Waals surface area contributed by atoms with Crippen LogP contribution in [0.1, 0.15) is 103 Å². The lowest BCUT2D eigenvalue weighted by molar-refractivity contribution is -0.557. The molecule has 0 saturated heterocycles. The van der Waals surface area contributed by atoms with Gasteiger partial charge < -0.3 is 19.7 Å². The number of methoxy groups -OCH3 is 2. The van der Waals surface area contributed by atoms with E-state index in [4.69, 9.17) is 4.74 Å². The molecule has 7 nitrogen and oxygen atoms in total. The Morgan fingerprint density at radius 2 is 1.38 bits per heavy atom. The first kappa shape index (κ1) is 34.6. The number of esters is 1. The first-order valence-electron chi connectivity index (χ1n) is 14.3. The molecule has 0 aromatic heterocycles. The fraction of sp³-hybridized carbons (Fsp3) is 0.700. The summed E-state index contributed by atoms with van der Waals surface area (Å²) in [5.74, 6) is 0.756. The Kier molecular flexibility index (Phi) is 24.9. The van der Waals surface area contributed by atoms with Crippen LogP contribution in [0.5, 0.6) is 5.75 Å². The van der Waals surface area contributed by atoms with Crippen LogP contribution in [-0.4, -0.2) is 45.9 Å². The van der Waals surface area contributed by atoms with E-state index in [1.165, 1.54) is 90.6 Å². The lowest BCUT2D eigenvalue weighted by Crippen LogP contribution is -2.72. The highest BCUT2D eigenvalue weighted by atomic mass is 16.5. The molecule has 1 rings (SSSR count). The number of benzene rings is 1. The van der Waals surface area contributed by atoms with Crippen molar-refractivity contribution >= 4 is 11.7 Å². The largest absolute Gasteiger partial charge is 0.497 e. The number of hydrogen-bond acceptors (Lipinski definition) is 6. The predicted octanol–water partition coefficient (Wildman–Crippen LogP) is 7.36. The Hall–Kier alpha value is -2.41. The Balaban J connectivity index is 0.000000708. The molecule has 0 saturated carbocycles. The molecular weight excluding hydrogens is 464 g/mol. The molecule has 0 radical (unpaired) electrons. The molecule has 7 heteroatoms. The maximum Gasteiger partial charge on any atom is 0.305 e. The molecule has 37 heavy (non-hydrogen) atoms. The third-order valence-corrected chi connectivity index (χ3v) is 6.04. The zero-order chi connectivity index (χ0) is 27.4. The number of carbonyl (C=O) groups excluding carboxylic acids is 1. The summed E-state index contributed by atoms with van der Waals surface area (Å²) in [7, 11) is 7.03. The van der Waals surface area contributed by atoms with Crippen molar-refractivity contribution in [3.8, 4) is 5.75 Å². The molecule has 0 atom stereocenters. The van der Waals surface area contributed by atoms with Crippen molar-refractivity contribution in [2.45, 2.75) is 103 Å². The van der Waals surface area contributed by atoms with Gasteiger partial charge in [-0.15, -0.1) is 0 Å². The van der Waals surface area contributed by atoms with Crippen molar-refractivity contribution in [1.82, 2.24) is 4.90 Å². The number of carbonyl (C=O) groups is 1. The third kappa shape index (κ3) is 23.7. The minimum Gasteiger partial charge on any atom is -0.497 e. The van der Waals surface area contributed by atoms with Crippen molar-refractivity contribution in [2.24, 2.45) is 10.2 Å². The van der Waals surface area contributed by atoms with E-state index in [9.17, 15) is 4.79 Å². The van der Waals surface area contributed by atoms with Crippen LogP contribution in [0.15, 0.2) is 46.9 Å². The van der Waals surface area contributed by atoms with E-state index in [1.54, 1.807) is 7.11 Å². The second-order valence-electron chi connectivity index (χ2n) is 9.44. The number of quaternary nitrogens is 1. The highest BCUT2D eigenvalue weighted by Gasteiger charge is 1.99. The molecule has 1 aromatic carbocycles. The molecule has 1 aromatic rings. The van der Waals surface area contributed by atoms with Crippen molar-refractivity contribution < 1.29 is 19.6 Å². The van der Waals surface area contributed by atoms with E-state index in [-0.39, 0.29) is 5.97 Å². The number of ether oxygens (including phenoxy) is 2. The smallest absolute Gasteiger partial charge is 0.305 e. The van der Waals surface area contributed by atoms with Crippen molar-refractivity contribution in [3.63, 3.8) is 0 Å². The number of rotatable bonds is 21. The molecule has 0 unspecified atom stereocenters. The van der Waals surface area contributed by atoms with Gasteiger partial charge in [-0.2, -0.15) is 10.2 Å². The van der Waals surface area contributed by atoms with E-state index >= 15 is 0 Å². The summed E-state index contributed by atoms with van der Waals surface area (Å²) < 4.78 is 9.69. The van der Waals surface area contributed by atoms with Gasteiger partial charge in [-0.05, 0) is 30.7 Å². The van der Waals surface area contributed by atoms with Gasteiger partial charge in [0.25, 0.3) is 0 Å². The number of azo groups is 1. The van der Waals surface area contributed by atoms with Crippen LogP contribution < -0.4 is 10.1 Å². The van der Waals surface area contributed by atoms with Gasteiger partial charge >= 0.3 is 5.97 Å². The van der Waals surface area contributed by atoms with Crippen molar-refractivity contribution in [3.05, 3.63) is 36.7 Å². The third-order valence-electron chi connectivity index (χ3n) is 6.04. The first-order valence-corrected chi connectivity index (χ1v) is 14.3. The number of nitrogens with two attached hydrogens (primary N) is 1. The van der Waals surface area contributed by atoms with Gasteiger partial charge in [-0.3, -0.25) is 4.79 Å². The molecule has 2 N–H and O–H groups in total. The van der Waals surface area contributed by atoms with Gasteiger partial charge in [0.1, 0.15) is 18.6 Å². The number of nitrogens with zero attached hydrogens (tertiary/aromatic N) is 3. The molecule has 0 fully saturated rings. The summed E-state index contributed by atoms with van der Waals surface area (Å²) in [5, 5.41) is 10.2. The Morgan fingerprint density at radius 3 is 1.84 bits per heavy atom. The number of hydrogen-bond donors (Lipinski definition) is 1.